The second kappa shape index (κ2) is 9.47. The number of rotatable bonds is 7. The minimum absolute atomic E-state index is 0.150. The second-order valence-corrected chi connectivity index (χ2v) is 10.3. The third-order valence-electron chi connectivity index (χ3n) is 6.35. The summed E-state index contributed by atoms with van der Waals surface area (Å²) < 4.78 is 27.4. The first-order valence-corrected chi connectivity index (χ1v) is 12.5. The summed E-state index contributed by atoms with van der Waals surface area (Å²) in [6.07, 6.45) is 6.43. The number of nitrogens with zero attached hydrogens (tertiary/aromatic N) is 2. The molecule has 1 amide bonds. The van der Waals surface area contributed by atoms with Crippen molar-refractivity contribution in [3.8, 4) is 0 Å². The van der Waals surface area contributed by atoms with Crippen molar-refractivity contribution in [2.45, 2.75) is 70.2 Å². The van der Waals surface area contributed by atoms with E-state index in [1.165, 1.54) is 4.31 Å². The number of sulfonamides is 1. The fourth-order valence-corrected chi connectivity index (χ4v) is 5.96. The third-order valence-corrected chi connectivity index (χ3v) is 8.40. The van der Waals surface area contributed by atoms with Crippen molar-refractivity contribution in [2.24, 2.45) is 5.92 Å². The number of nitrogens with one attached hydrogen (secondary N) is 1. The zero-order chi connectivity index (χ0) is 21.0. The van der Waals surface area contributed by atoms with Gasteiger partial charge >= 0.3 is 0 Å². The zero-order valence-corrected chi connectivity index (χ0v) is 18.8. The summed E-state index contributed by atoms with van der Waals surface area (Å²) in [7, 11) is -3.60. The molecule has 1 aromatic carbocycles. The fourth-order valence-electron chi connectivity index (χ4n) is 4.47. The van der Waals surface area contributed by atoms with Crippen LogP contribution in [0.4, 0.5) is 5.69 Å². The Hall–Kier alpha value is -1.60. The van der Waals surface area contributed by atoms with E-state index < -0.39 is 10.0 Å². The van der Waals surface area contributed by atoms with Crippen molar-refractivity contribution in [1.29, 1.82) is 0 Å². The minimum Gasteiger partial charge on any atom is -0.371 e. The predicted molar refractivity (Wildman–Crippen MR) is 117 cm³/mol. The summed E-state index contributed by atoms with van der Waals surface area (Å²) in [5.74, 6) is 0.564. The molecular formula is C22H35N3O3S. The van der Waals surface area contributed by atoms with Crippen LogP contribution in [0.5, 0.6) is 0 Å². The van der Waals surface area contributed by atoms with Crippen molar-refractivity contribution in [1.82, 2.24) is 9.62 Å². The molecular weight excluding hydrogens is 386 g/mol. The second-order valence-electron chi connectivity index (χ2n) is 8.39. The van der Waals surface area contributed by atoms with E-state index in [1.54, 1.807) is 12.1 Å². The first kappa shape index (κ1) is 22.1. The van der Waals surface area contributed by atoms with E-state index in [0.29, 0.717) is 24.6 Å². The molecule has 1 saturated heterocycles. The standard InChI is InChI=1S/C22H35N3O3S/c1-4-25(5-2)29(27,28)19-12-13-21(24-14-6-7-15-24)20(16-19)22(26)23-18-10-8-17(3)9-11-18/h12-13,16-18H,4-11,14-15H2,1-3H3,(H,23,26). The molecule has 1 aliphatic heterocycles. The van der Waals surface area contributed by atoms with Gasteiger partial charge in [-0.15, -0.1) is 0 Å². The van der Waals surface area contributed by atoms with Gasteiger partial charge in [-0.3, -0.25) is 4.79 Å². The maximum absolute atomic E-state index is 13.2. The minimum atomic E-state index is -3.60. The molecule has 0 atom stereocenters. The average molecular weight is 422 g/mol. The summed E-state index contributed by atoms with van der Waals surface area (Å²) in [6.45, 7) is 8.55. The van der Waals surface area contributed by atoms with Crippen molar-refractivity contribution in [3.05, 3.63) is 23.8 Å². The Balaban J connectivity index is 1.92. The summed E-state index contributed by atoms with van der Waals surface area (Å²) in [5.41, 5.74) is 1.33. The number of anilines is 1. The number of benzene rings is 1. The lowest BCUT2D eigenvalue weighted by Gasteiger charge is -2.28. The third kappa shape index (κ3) is 4.94. The first-order chi connectivity index (χ1) is 13.9. The maximum Gasteiger partial charge on any atom is 0.253 e. The molecule has 1 aromatic rings. The van der Waals surface area contributed by atoms with Gasteiger partial charge in [-0.1, -0.05) is 20.8 Å². The molecule has 1 aliphatic carbocycles. The molecule has 1 saturated carbocycles. The highest BCUT2D eigenvalue weighted by Crippen LogP contribution is 2.30. The normalized spacial score (nSPS) is 22.8. The van der Waals surface area contributed by atoms with Crippen LogP contribution >= 0.6 is 0 Å². The van der Waals surface area contributed by atoms with Crippen LogP contribution in [-0.4, -0.2) is 50.9 Å². The SMILES string of the molecule is CCN(CC)S(=O)(=O)c1ccc(N2CCCC2)c(C(=O)NC2CCC(C)CC2)c1. The van der Waals surface area contributed by atoms with Crippen molar-refractivity contribution >= 4 is 21.6 Å². The number of hydrogen-bond donors (Lipinski definition) is 1. The van der Waals surface area contributed by atoms with Crippen molar-refractivity contribution in [2.75, 3.05) is 31.1 Å². The number of carbonyl (C=O) groups is 1. The highest BCUT2D eigenvalue weighted by atomic mass is 32.2. The lowest BCUT2D eigenvalue weighted by molar-refractivity contribution is 0.0923. The van der Waals surface area contributed by atoms with E-state index in [4.69, 9.17) is 0 Å². The van der Waals surface area contributed by atoms with Crippen LogP contribution in [0, 0.1) is 5.92 Å². The van der Waals surface area contributed by atoms with E-state index in [0.717, 1.165) is 57.3 Å². The topological polar surface area (TPSA) is 69.7 Å². The van der Waals surface area contributed by atoms with Crippen LogP contribution in [0.15, 0.2) is 23.1 Å². The Morgan fingerprint density at radius 3 is 2.31 bits per heavy atom. The Morgan fingerprint density at radius 2 is 1.72 bits per heavy atom. The van der Waals surface area contributed by atoms with Crippen LogP contribution in [-0.2, 0) is 10.0 Å². The molecule has 0 radical (unpaired) electrons. The Kier molecular flexibility index (Phi) is 7.22. The van der Waals surface area contributed by atoms with Gasteiger partial charge < -0.3 is 10.2 Å². The molecule has 1 heterocycles. The zero-order valence-electron chi connectivity index (χ0n) is 18.0. The van der Waals surface area contributed by atoms with Gasteiger partial charge in [0.25, 0.3) is 5.91 Å². The predicted octanol–water partition coefficient (Wildman–Crippen LogP) is 3.63. The van der Waals surface area contributed by atoms with Gasteiger partial charge in [-0.2, -0.15) is 4.31 Å². The molecule has 2 fully saturated rings. The van der Waals surface area contributed by atoms with Crippen LogP contribution < -0.4 is 10.2 Å². The monoisotopic (exact) mass is 421 g/mol. The molecule has 0 spiro atoms. The summed E-state index contributed by atoms with van der Waals surface area (Å²) in [5, 5.41) is 3.18. The van der Waals surface area contributed by atoms with E-state index in [-0.39, 0.29) is 16.8 Å². The molecule has 2 aliphatic rings. The van der Waals surface area contributed by atoms with E-state index in [1.807, 2.05) is 19.9 Å². The van der Waals surface area contributed by atoms with Crippen LogP contribution in [0.1, 0.15) is 69.7 Å². The number of carbonyl (C=O) groups excluding carboxylic acids is 1. The highest BCUT2D eigenvalue weighted by Gasteiger charge is 2.28. The molecule has 0 aromatic heterocycles. The van der Waals surface area contributed by atoms with Gasteiger partial charge in [0.1, 0.15) is 0 Å². The molecule has 3 rings (SSSR count). The molecule has 0 bridgehead atoms. The fraction of sp³-hybridized carbons (Fsp3) is 0.682. The van der Waals surface area contributed by atoms with Gasteiger partial charge in [0.2, 0.25) is 10.0 Å². The van der Waals surface area contributed by atoms with Gasteiger partial charge in [0, 0.05) is 37.9 Å². The van der Waals surface area contributed by atoms with Gasteiger partial charge in [0.05, 0.1) is 10.5 Å². The van der Waals surface area contributed by atoms with Gasteiger partial charge in [-0.25, -0.2) is 8.42 Å². The van der Waals surface area contributed by atoms with Gasteiger partial charge in [0.15, 0.2) is 0 Å². The van der Waals surface area contributed by atoms with Crippen LogP contribution in [0.25, 0.3) is 0 Å². The molecule has 0 unspecified atom stereocenters. The molecule has 6 nitrogen and oxygen atoms in total. The first-order valence-electron chi connectivity index (χ1n) is 11.1. The van der Waals surface area contributed by atoms with Crippen molar-refractivity contribution < 1.29 is 13.2 Å². The Bertz CT molecular complexity index is 807. The molecule has 162 valence electrons. The van der Waals surface area contributed by atoms with E-state index >= 15 is 0 Å². The van der Waals surface area contributed by atoms with Gasteiger partial charge in [-0.05, 0) is 62.6 Å². The quantitative estimate of drug-likeness (QED) is 0.730. The van der Waals surface area contributed by atoms with Crippen LogP contribution in [0.3, 0.4) is 0 Å². The molecule has 1 N–H and O–H groups in total. The smallest absolute Gasteiger partial charge is 0.253 e. The number of amides is 1. The lowest BCUT2D eigenvalue weighted by atomic mass is 9.87. The van der Waals surface area contributed by atoms with Crippen LogP contribution in [0.2, 0.25) is 0 Å². The Morgan fingerprint density at radius 1 is 1.10 bits per heavy atom. The summed E-state index contributed by atoms with van der Waals surface area (Å²) >= 11 is 0. The number of hydrogen-bond acceptors (Lipinski definition) is 4. The Labute approximate surface area is 175 Å². The average Bonchev–Trinajstić information content (AvgIpc) is 3.24. The molecule has 7 heteroatoms. The van der Waals surface area contributed by atoms with Crippen molar-refractivity contribution in [3.63, 3.8) is 0 Å². The lowest BCUT2D eigenvalue weighted by Crippen LogP contribution is -2.38. The van der Waals surface area contributed by atoms with E-state index in [9.17, 15) is 13.2 Å². The largest absolute Gasteiger partial charge is 0.371 e. The van der Waals surface area contributed by atoms with E-state index in [2.05, 4.69) is 17.1 Å². The summed E-state index contributed by atoms with van der Waals surface area (Å²) in [6, 6.07) is 5.23. The molecule has 29 heavy (non-hydrogen) atoms. The summed E-state index contributed by atoms with van der Waals surface area (Å²) in [4.78, 5) is 15.6. The maximum atomic E-state index is 13.2. The highest BCUT2D eigenvalue weighted by molar-refractivity contribution is 7.89.